The van der Waals surface area contributed by atoms with Gasteiger partial charge in [0.2, 0.25) is 5.78 Å². The number of fused-ring (bicyclic) bond motifs is 1. The molecule has 0 saturated carbocycles. The zero-order valence-corrected chi connectivity index (χ0v) is 13.1. The summed E-state index contributed by atoms with van der Waals surface area (Å²) in [7, 11) is 1.60. The number of carbonyl (C=O) groups excluding carboxylic acids is 2. The zero-order chi connectivity index (χ0) is 16.9. The Hall–Kier alpha value is -3.32. The fourth-order valence-electron chi connectivity index (χ4n) is 2.43. The number of benzene rings is 2. The van der Waals surface area contributed by atoms with Crippen LogP contribution >= 0.6 is 0 Å². The molecule has 0 fully saturated rings. The second kappa shape index (κ2) is 6.84. The van der Waals surface area contributed by atoms with Gasteiger partial charge in [-0.3, -0.25) is 9.59 Å². The second-order valence-corrected chi connectivity index (χ2v) is 5.18. The van der Waals surface area contributed by atoms with Crippen LogP contribution in [0.2, 0.25) is 0 Å². The smallest absolute Gasteiger partial charge is 0.209 e. The zero-order valence-electron chi connectivity index (χ0n) is 13.1. The molecule has 0 aromatic heterocycles. The van der Waals surface area contributed by atoms with E-state index in [0.29, 0.717) is 11.1 Å². The minimum absolute atomic E-state index is 0.173. The van der Waals surface area contributed by atoms with Gasteiger partial charge in [0.25, 0.3) is 0 Å². The highest BCUT2D eigenvalue weighted by molar-refractivity contribution is 6.24. The maximum Gasteiger partial charge on any atom is 0.209 e. The van der Waals surface area contributed by atoms with Crippen LogP contribution in [-0.4, -0.2) is 25.2 Å². The first-order valence-corrected chi connectivity index (χ1v) is 7.45. The summed E-state index contributed by atoms with van der Waals surface area (Å²) in [5.74, 6) is 6.31. The largest absolute Gasteiger partial charge is 0.497 e. The van der Waals surface area contributed by atoms with Gasteiger partial charge in [0.15, 0.2) is 5.78 Å². The van der Waals surface area contributed by atoms with Gasteiger partial charge in [0.1, 0.15) is 5.75 Å². The van der Waals surface area contributed by atoms with Crippen molar-refractivity contribution in [3.8, 4) is 17.6 Å². The molecule has 0 amide bonds. The first kappa shape index (κ1) is 15.6. The molecule has 4 heteroatoms. The van der Waals surface area contributed by atoms with Gasteiger partial charge >= 0.3 is 0 Å². The molecule has 0 atom stereocenters. The lowest BCUT2D eigenvalue weighted by atomic mass is 9.93. The molecule has 24 heavy (non-hydrogen) atoms. The van der Waals surface area contributed by atoms with E-state index < -0.39 is 0 Å². The van der Waals surface area contributed by atoms with Crippen molar-refractivity contribution < 1.29 is 14.3 Å². The van der Waals surface area contributed by atoms with Gasteiger partial charge in [-0.05, 0) is 18.2 Å². The summed E-state index contributed by atoms with van der Waals surface area (Å²) >= 11 is 0. The van der Waals surface area contributed by atoms with Crippen molar-refractivity contribution in [3.05, 3.63) is 77.0 Å². The Labute approximate surface area is 140 Å². The van der Waals surface area contributed by atoms with E-state index in [0.717, 1.165) is 11.3 Å². The molecule has 0 heterocycles. The van der Waals surface area contributed by atoms with Gasteiger partial charge in [0.05, 0.1) is 19.4 Å². The summed E-state index contributed by atoms with van der Waals surface area (Å²) in [6, 6.07) is 14.2. The van der Waals surface area contributed by atoms with Gasteiger partial charge in [0, 0.05) is 22.8 Å². The maximum absolute atomic E-state index is 12.4. The van der Waals surface area contributed by atoms with Crippen molar-refractivity contribution in [2.24, 2.45) is 0 Å². The number of carbonyl (C=O) groups is 2. The first-order valence-electron chi connectivity index (χ1n) is 7.45. The Bertz CT molecular complexity index is 900. The van der Waals surface area contributed by atoms with Crippen LogP contribution in [0.3, 0.4) is 0 Å². The average Bonchev–Trinajstić information content (AvgIpc) is 2.63. The van der Waals surface area contributed by atoms with Crippen LogP contribution in [0.5, 0.6) is 5.75 Å². The number of ketones is 2. The fourth-order valence-corrected chi connectivity index (χ4v) is 2.43. The Morgan fingerprint density at radius 1 is 1.04 bits per heavy atom. The van der Waals surface area contributed by atoms with Crippen LogP contribution in [-0.2, 0) is 0 Å². The molecule has 2 aromatic rings. The van der Waals surface area contributed by atoms with Crippen molar-refractivity contribution in [2.45, 2.75) is 0 Å². The minimum atomic E-state index is -0.187. The summed E-state index contributed by atoms with van der Waals surface area (Å²) in [4.78, 5) is 24.4. The van der Waals surface area contributed by atoms with E-state index in [-0.39, 0.29) is 23.8 Å². The van der Waals surface area contributed by atoms with Gasteiger partial charge in [-0.2, -0.15) is 0 Å². The third-order valence-electron chi connectivity index (χ3n) is 3.63. The number of rotatable bonds is 3. The number of hydrogen-bond acceptors (Lipinski definition) is 4. The van der Waals surface area contributed by atoms with Crippen molar-refractivity contribution in [1.82, 2.24) is 5.32 Å². The third kappa shape index (κ3) is 3.21. The fraction of sp³-hybridized carbons (Fsp3) is 0.100. The average molecular weight is 317 g/mol. The van der Waals surface area contributed by atoms with Gasteiger partial charge < -0.3 is 10.1 Å². The standard InChI is InChI=1S/C20H15NO3/c1-24-15-8-4-6-14(12-15)7-5-11-21-18-13-19(22)16-9-2-3-10-17(16)20(18)23/h2-4,6,8-10,12-13,21H,11H2,1H3. The molecule has 0 radical (unpaired) electrons. The molecule has 4 nitrogen and oxygen atoms in total. The van der Waals surface area contributed by atoms with Crippen molar-refractivity contribution in [3.63, 3.8) is 0 Å². The van der Waals surface area contributed by atoms with Crippen LogP contribution in [0.1, 0.15) is 26.3 Å². The summed E-state index contributed by atoms with van der Waals surface area (Å²) in [5.41, 5.74) is 1.96. The summed E-state index contributed by atoms with van der Waals surface area (Å²) < 4.78 is 5.14. The maximum atomic E-state index is 12.4. The molecule has 118 valence electrons. The predicted molar refractivity (Wildman–Crippen MR) is 91.1 cm³/mol. The van der Waals surface area contributed by atoms with Gasteiger partial charge in [-0.1, -0.05) is 42.2 Å². The molecule has 2 aromatic carbocycles. The molecule has 1 N–H and O–H groups in total. The SMILES string of the molecule is COc1cccc(C#CCNC2=CC(=O)c3ccccc3C2=O)c1. The predicted octanol–water partition coefficient (Wildman–Crippen LogP) is 2.60. The second-order valence-electron chi connectivity index (χ2n) is 5.18. The summed E-state index contributed by atoms with van der Waals surface area (Å²) in [5, 5.41) is 2.93. The quantitative estimate of drug-likeness (QED) is 0.884. The molecule has 0 spiro atoms. The van der Waals surface area contributed by atoms with Crippen LogP contribution in [0.25, 0.3) is 0 Å². The van der Waals surface area contributed by atoms with Crippen LogP contribution in [0, 0.1) is 11.8 Å². The van der Waals surface area contributed by atoms with Crippen molar-refractivity contribution in [2.75, 3.05) is 13.7 Å². The Balaban J connectivity index is 1.69. The number of Topliss-reactive ketones (excluding diaryl/α,β-unsaturated/α-hetero) is 1. The molecule has 0 bridgehead atoms. The molecule has 0 saturated heterocycles. The number of hydrogen-bond donors (Lipinski definition) is 1. The molecule has 0 aliphatic heterocycles. The van der Waals surface area contributed by atoms with E-state index in [4.69, 9.17) is 4.74 Å². The van der Waals surface area contributed by atoms with Gasteiger partial charge in [-0.15, -0.1) is 0 Å². The topological polar surface area (TPSA) is 55.4 Å². The van der Waals surface area contributed by atoms with Crippen LogP contribution < -0.4 is 10.1 Å². The normalized spacial score (nSPS) is 12.6. The van der Waals surface area contributed by atoms with E-state index in [2.05, 4.69) is 17.2 Å². The van der Waals surface area contributed by atoms with E-state index in [1.54, 1.807) is 31.4 Å². The first-order chi connectivity index (χ1) is 11.7. The van der Waals surface area contributed by atoms with Crippen molar-refractivity contribution in [1.29, 1.82) is 0 Å². The molecule has 1 aliphatic rings. The lowest BCUT2D eigenvalue weighted by Crippen LogP contribution is -2.27. The Kier molecular flexibility index (Phi) is 4.44. The highest BCUT2D eigenvalue weighted by Gasteiger charge is 2.24. The monoisotopic (exact) mass is 317 g/mol. The van der Waals surface area contributed by atoms with Crippen LogP contribution in [0.15, 0.2) is 60.3 Å². The van der Waals surface area contributed by atoms with Crippen molar-refractivity contribution >= 4 is 11.6 Å². The van der Waals surface area contributed by atoms with Crippen LogP contribution in [0.4, 0.5) is 0 Å². The number of nitrogens with one attached hydrogen (secondary N) is 1. The summed E-state index contributed by atoms with van der Waals surface area (Å²) in [6.07, 6.45) is 1.33. The molecular formula is C20H15NO3. The Morgan fingerprint density at radius 3 is 2.62 bits per heavy atom. The number of ether oxygens (including phenoxy) is 1. The highest BCUT2D eigenvalue weighted by atomic mass is 16.5. The van der Waals surface area contributed by atoms with E-state index >= 15 is 0 Å². The third-order valence-corrected chi connectivity index (χ3v) is 3.63. The van der Waals surface area contributed by atoms with Gasteiger partial charge in [-0.25, -0.2) is 0 Å². The summed E-state index contributed by atoms with van der Waals surface area (Å²) in [6.45, 7) is 0.268. The number of methoxy groups -OCH3 is 1. The molecule has 0 unspecified atom stereocenters. The minimum Gasteiger partial charge on any atom is -0.497 e. The molecular weight excluding hydrogens is 302 g/mol. The number of allylic oxidation sites excluding steroid dienone is 2. The Morgan fingerprint density at radius 2 is 1.83 bits per heavy atom. The lowest BCUT2D eigenvalue weighted by molar-refractivity contribution is 0.0979. The molecule has 1 aliphatic carbocycles. The highest BCUT2D eigenvalue weighted by Crippen LogP contribution is 2.19. The van der Waals surface area contributed by atoms with E-state index in [9.17, 15) is 9.59 Å². The van der Waals surface area contributed by atoms with E-state index in [1.165, 1.54) is 6.08 Å². The van der Waals surface area contributed by atoms with E-state index in [1.807, 2.05) is 24.3 Å². The lowest BCUT2D eigenvalue weighted by Gasteiger charge is -2.15. The molecule has 3 rings (SSSR count).